The van der Waals surface area contributed by atoms with Gasteiger partial charge in [0, 0.05) is 23.7 Å². The summed E-state index contributed by atoms with van der Waals surface area (Å²) < 4.78 is 17.2. The Balaban J connectivity index is 1.75. The topological polar surface area (TPSA) is 72.3 Å². The second-order valence-electron chi connectivity index (χ2n) is 7.65. The summed E-state index contributed by atoms with van der Waals surface area (Å²) in [5.74, 6) is 2.19. The summed E-state index contributed by atoms with van der Waals surface area (Å²) in [6.07, 6.45) is 0.307. The number of nitrogens with one attached hydrogen (secondary N) is 1. The molecule has 0 bridgehead atoms. The van der Waals surface area contributed by atoms with E-state index in [2.05, 4.69) is 21.2 Å². The van der Waals surface area contributed by atoms with Crippen molar-refractivity contribution in [3.8, 4) is 23.0 Å². The van der Waals surface area contributed by atoms with Gasteiger partial charge in [0.15, 0.2) is 11.5 Å². The second-order valence-corrected chi connectivity index (χ2v) is 8.51. The van der Waals surface area contributed by atoms with E-state index in [1.807, 2.05) is 61.5 Å². The van der Waals surface area contributed by atoms with Crippen molar-refractivity contribution in [2.24, 2.45) is 4.99 Å². The molecule has 33 heavy (non-hydrogen) atoms. The number of aliphatic imine (C=N–C) groups is 1. The fourth-order valence-corrected chi connectivity index (χ4v) is 4.54. The Bertz CT molecular complexity index is 1150. The molecular weight excluding hydrogens is 484 g/mol. The highest BCUT2D eigenvalue weighted by atomic mass is 79.9. The van der Waals surface area contributed by atoms with E-state index in [1.54, 1.807) is 20.3 Å². The van der Waals surface area contributed by atoms with Gasteiger partial charge in [0.1, 0.15) is 17.7 Å². The Labute approximate surface area is 202 Å². The van der Waals surface area contributed by atoms with E-state index in [9.17, 15) is 5.11 Å². The molecule has 3 aromatic rings. The lowest BCUT2D eigenvalue weighted by Gasteiger charge is -2.31. The lowest BCUT2D eigenvalue weighted by molar-refractivity contribution is 0.313. The molecule has 0 saturated heterocycles. The van der Waals surface area contributed by atoms with Crippen molar-refractivity contribution in [3.63, 3.8) is 0 Å². The molecule has 0 amide bonds. The fourth-order valence-electron chi connectivity index (χ4n) is 3.98. The lowest BCUT2D eigenvalue weighted by atomic mass is 9.93. The maximum absolute atomic E-state index is 10.9. The first-order chi connectivity index (χ1) is 16.0. The summed E-state index contributed by atoms with van der Waals surface area (Å²) in [5.41, 5.74) is 3.72. The van der Waals surface area contributed by atoms with Crippen molar-refractivity contribution in [1.29, 1.82) is 0 Å². The van der Waals surface area contributed by atoms with Crippen LogP contribution in [-0.2, 0) is 0 Å². The summed E-state index contributed by atoms with van der Waals surface area (Å²) in [5, 5.41) is 14.5. The normalized spacial score (nSPS) is 17.9. The first-order valence-electron chi connectivity index (χ1n) is 10.8. The van der Waals surface area contributed by atoms with Gasteiger partial charge in [-0.25, -0.2) is 0 Å². The van der Waals surface area contributed by atoms with Crippen LogP contribution in [0.4, 0.5) is 0 Å². The molecule has 2 atom stereocenters. The number of ether oxygens (including phenoxy) is 3. The molecule has 0 spiro atoms. The first kappa shape index (κ1) is 23.1. The molecule has 4 rings (SSSR count). The largest absolute Gasteiger partial charge is 0.504 e. The predicted molar refractivity (Wildman–Crippen MR) is 133 cm³/mol. The van der Waals surface area contributed by atoms with Gasteiger partial charge in [0.05, 0.1) is 25.3 Å². The minimum Gasteiger partial charge on any atom is -0.504 e. The number of para-hydroxylation sites is 1. The van der Waals surface area contributed by atoms with Crippen LogP contribution in [0.5, 0.6) is 23.0 Å². The second kappa shape index (κ2) is 10.3. The van der Waals surface area contributed by atoms with Crippen LogP contribution in [0.15, 0.2) is 70.1 Å². The smallest absolute Gasteiger partial charge is 0.162 e. The van der Waals surface area contributed by atoms with Gasteiger partial charge in [0.25, 0.3) is 0 Å². The molecular formula is C26H27BrN2O4. The summed E-state index contributed by atoms with van der Waals surface area (Å²) in [6.45, 7) is 2.38. The summed E-state index contributed by atoms with van der Waals surface area (Å²) in [6, 6.07) is 19.2. The number of hydrogen-bond acceptors (Lipinski definition) is 6. The number of aromatic hydroxyl groups is 1. The number of methoxy groups -OCH3 is 2. The van der Waals surface area contributed by atoms with Crippen LogP contribution in [0.25, 0.3) is 0 Å². The van der Waals surface area contributed by atoms with Gasteiger partial charge in [-0.3, -0.25) is 10.3 Å². The van der Waals surface area contributed by atoms with Crippen LogP contribution >= 0.6 is 15.9 Å². The highest BCUT2D eigenvalue weighted by Gasteiger charge is 2.29. The van der Waals surface area contributed by atoms with Gasteiger partial charge in [-0.05, 0) is 76.4 Å². The monoisotopic (exact) mass is 510 g/mol. The average Bonchev–Trinajstić information content (AvgIpc) is 2.85. The Kier molecular flexibility index (Phi) is 7.20. The molecule has 0 aromatic heterocycles. The van der Waals surface area contributed by atoms with Crippen molar-refractivity contribution in [2.45, 2.75) is 25.6 Å². The number of hydrogen-bond donors (Lipinski definition) is 2. The van der Waals surface area contributed by atoms with Crippen LogP contribution < -0.4 is 19.5 Å². The Morgan fingerprint density at radius 2 is 1.82 bits per heavy atom. The van der Waals surface area contributed by atoms with Gasteiger partial charge < -0.3 is 19.3 Å². The molecule has 1 aliphatic heterocycles. The summed E-state index contributed by atoms with van der Waals surface area (Å²) in [4.78, 5) is 5.03. The van der Waals surface area contributed by atoms with E-state index in [1.165, 1.54) is 0 Å². The van der Waals surface area contributed by atoms with Crippen LogP contribution in [0.2, 0.25) is 0 Å². The van der Waals surface area contributed by atoms with E-state index >= 15 is 0 Å². The number of rotatable bonds is 7. The minimum atomic E-state index is -0.307. The molecule has 0 saturated carbocycles. The van der Waals surface area contributed by atoms with Gasteiger partial charge in [0.2, 0.25) is 0 Å². The maximum Gasteiger partial charge on any atom is 0.162 e. The summed E-state index contributed by atoms with van der Waals surface area (Å²) in [7, 11) is 3.29. The molecule has 172 valence electrons. The standard InChI is InChI=1S/C26H27BrN2O4/c1-4-33-24-7-5-6-19(25(24)30)22-15-21(16-8-11-18(31-2)12-9-16)28-26(29-22)17-10-13-23(32-3)20(27)14-17/h5-14,22,26,29-30H,4,15H2,1-3H3. The lowest BCUT2D eigenvalue weighted by Crippen LogP contribution is -2.33. The molecule has 3 aromatic carbocycles. The Morgan fingerprint density at radius 1 is 1.03 bits per heavy atom. The van der Waals surface area contributed by atoms with Gasteiger partial charge >= 0.3 is 0 Å². The zero-order valence-electron chi connectivity index (χ0n) is 18.8. The van der Waals surface area contributed by atoms with E-state index in [-0.39, 0.29) is 18.0 Å². The number of nitrogens with zero attached hydrogens (tertiary/aromatic N) is 1. The van der Waals surface area contributed by atoms with Crippen LogP contribution in [0.3, 0.4) is 0 Å². The maximum atomic E-state index is 10.9. The van der Waals surface area contributed by atoms with E-state index in [4.69, 9.17) is 19.2 Å². The molecule has 2 unspecified atom stereocenters. The quantitative estimate of drug-likeness (QED) is 0.420. The molecule has 7 heteroatoms. The molecule has 0 radical (unpaired) electrons. The first-order valence-corrected chi connectivity index (χ1v) is 11.6. The summed E-state index contributed by atoms with van der Waals surface area (Å²) >= 11 is 3.58. The average molecular weight is 511 g/mol. The predicted octanol–water partition coefficient (Wildman–Crippen LogP) is 5.79. The van der Waals surface area contributed by atoms with Crippen LogP contribution in [-0.4, -0.2) is 31.6 Å². The number of phenols is 1. The molecule has 0 fully saturated rings. The van der Waals surface area contributed by atoms with Gasteiger partial charge in [-0.15, -0.1) is 0 Å². The van der Waals surface area contributed by atoms with Crippen molar-refractivity contribution in [3.05, 3.63) is 81.8 Å². The SMILES string of the molecule is CCOc1cccc(C2CC(c3ccc(OC)cc3)=NC(c3ccc(OC)c(Br)c3)N2)c1O. The zero-order chi connectivity index (χ0) is 23.4. The van der Waals surface area contributed by atoms with E-state index in [0.29, 0.717) is 18.8 Å². The Morgan fingerprint density at radius 3 is 2.48 bits per heavy atom. The van der Waals surface area contributed by atoms with Gasteiger partial charge in [-0.1, -0.05) is 18.2 Å². The third kappa shape index (κ3) is 4.99. The molecule has 6 nitrogen and oxygen atoms in total. The molecule has 1 heterocycles. The van der Waals surface area contributed by atoms with E-state index < -0.39 is 0 Å². The van der Waals surface area contributed by atoms with E-state index in [0.717, 1.165) is 38.4 Å². The number of benzene rings is 3. The molecule has 1 aliphatic rings. The highest BCUT2D eigenvalue weighted by Crippen LogP contribution is 2.39. The van der Waals surface area contributed by atoms with Gasteiger partial charge in [-0.2, -0.15) is 0 Å². The molecule has 0 aliphatic carbocycles. The van der Waals surface area contributed by atoms with Crippen molar-refractivity contribution in [2.75, 3.05) is 20.8 Å². The van der Waals surface area contributed by atoms with Crippen LogP contribution in [0, 0.1) is 0 Å². The zero-order valence-corrected chi connectivity index (χ0v) is 20.4. The third-order valence-electron chi connectivity index (χ3n) is 5.66. The number of phenolic OH excluding ortho intramolecular Hbond substituents is 1. The van der Waals surface area contributed by atoms with Crippen molar-refractivity contribution in [1.82, 2.24) is 5.32 Å². The number of halogens is 1. The molecule has 2 N–H and O–H groups in total. The fraction of sp³-hybridized carbons (Fsp3) is 0.269. The van der Waals surface area contributed by atoms with Crippen LogP contribution in [0.1, 0.15) is 42.2 Å². The van der Waals surface area contributed by atoms with Crippen molar-refractivity contribution >= 4 is 21.6 Å². The van der Waals surface area contributed by atoms with Crippen molar-refractivity contribution < 1.29 is 19.3 Å². The highest BCUT2D eigenvalue weighted by molar-refractivity contribution is 9.10. The minimum absolute atomic E-state index is 0.155. The Hall–Kier alpha value is -3.03. The third-order valence-corrected chi connectivity index (χ3v) is 6.28.